The highest BCUT2D eigenvalue weighted by atomic mass is 127. The number of alkyl halides is 3. The minimum atomic E-state index is -4.32. The van der Waals surface area contributed by atoms with Crippen molar-refractivity contribution in [2.45, 2.75) is 19.5 Å². The molecule has 0 amide bonds. The highest BCUT2D eigenvalue weighted by Gasteiger charge is 2.30. The SMILES string of the molecule is CCc1cccc2c1sc1c(N(I)c3ccc(C(F)(F)F)cc3)cccc12. The van der Waals surface area contributed by atoms with E-state index in [1.54, 1.807) is 11.3 Å². The van der Waals surface area contributed by atoms with Gasteiger partial charge in [0, 0.05) is 15.5 Å². The molecule has 0 fully saturated rings. The van der Waals surface area contributed by atoms with Gasteiger partial charge in [-0.1, -0.05) is 37.3 Å². The number of hydrogen-bond donors (Lipinski definition) is 0. The van der Waals surface area contributed by atoms with E-state index in [1.807, 2.05) is 15.2 Å². The van der Waals surface area contributed by atoms with Crippen molar-refractivity contribution in [3.05, 3.63) is 71.8 Å². The summed E-state index contributed by atoms with van der Waals surface area (Å²) in [5, 5.41) is 2.41. The monoisotopic (exact) mass is 497 g/mol. The highest BCUT2D eigenvalue weighted by Crippen LogP contribution is 2.44. The predicted octanol–water partition coefficient (Wildman–Crippen LogP) is 8.12. The standard InChI is InChI=1S/C21H15F3INS/c1-2-13-5-3-6-16-17-7-4-8-18(20(17)27-19(13)16)26(25)15-11-9-14(10-12-15)21(22,23)24/h3-12H,2H2,1H3. The summed E-state index contributed by atoms with van der Waals surface area (Å²) in [7, 11) is 0. The van der Waals surface area contributed by atoms with Crippen LogP contribution in [0.4, 0.5) is 24.5 Å². The van der Waals surface area contributed by atoms with Gasteiger partial charge in [0.25, 0.3) is 0 Å². The van der Waals surface area contributed by atoms with Gasteiger partial charge in [0.15, 0.2) is 0 Å². The van der Waals surface area contributed by atoms with Crippen molar-refractivity contribution >= 4 is 65.7 Å². The topological polar surface area (TPSA) is 3.24 Å². The van der Waals surface area contributed by atoms with Crippen LogP contribution >= 0.6 is 34.2 Å². The fourth-order valence-corrected chi connectivity index (χ4v) is 5.49. The maximum absolute atomic E-state index is 12.8. The molecule has 6 heteroatoms. The van der Waals surface area contributed by atoms with E-state index in [9.17, 15) is 13.2 Å². The molecular weight excluding hydrogens is 482 g/mol. The molecule has 0 aliphatic rings. The fourth-order valence-electron chi connectivity index (χ4n) is 3.22. The second-order valence-corrected chi connectivity index (χ2v) is 8.21. The zero-order valence-electron chi connectivity index (χ0n) is 14.3. The first-order valence-corrected chi connectivity index (χ1v) is 10.2. The normalized spacial score (nSPS) is 12.0. The van der Waals surface area contributed by atoms with Crippen LogP contribution in [0.1, 0.15) is 18.1 Å². The zero-order valence-corrected chi connectivity index (χ0v) is 17.3. The maximum Gasteiger partial charge on any atom is 0.416 e. The molecule has 138 valence electrons. The Labute approximate surface area is 172 Å². The first-order chi connectivity index (χ1) is 12.9. The molecule has 0 N–H and O–H groups in total. The lowest BCUT2D eigenvalue weighted by atomic mass is 10.1. The molecule has 3 aromatic carbocycles. The average molecular weight is 497 g/mol. The van der Waals surface area contributed by atoms with Crippen LogP contribution in [-0.2, 0) is 12.6 Å². The van der Waals surface area contributed by atoms with Gasteiger partial charge in [-0.05, 0) is 42.3 Å². The van der Waals surface area contributed by atoms with Crippen LogP contribution in [-0.4, -0.2) is 0 Å². The molecule has 0 spiro atoms. The summed E-state index contributed by atoms with van der Waals surface area (Å²) in [6, 6.07) is 17.7. The van der Waals surface area contributed by atoms with Crippen molar-refractivity contribution in [3.8, 4) is 0 Å². The molecule has 1 heterocycles. The molecule has 1 nitrogen and oxygen atoms in total. The predicted molar refractivity (Wildman–Crippen MR) is 116 cm³/mol. The largest absolute Gasteiger partial charge is 0.416 e. The lowest BCUT2D eigenvalue weighted by molar-refractivity contribution is -0.137. The molecule has 4 aromatic rings. The van der Waals surface area contributed by atoms with Gasteiger partial charge >= 0.3 is 6.18 Å². The van der Waals surface area contributed by atoms with Gasteiger partial charge in [0.2, 0.25) is 0 Å². The van der Waals surface area contributed by atoms with E-state index >= 15 is 0 Å². The molecule has 0 radical (unpaired) electrons. The minimum Gasteiger partial charge on any atom is -0.282 e. The van der Waals surface area contributed by atoms with Crippen molar-refractivity contribution in [1.29, 1.82) is 0 Å². The molecule has 0 saturated carbocycles. The van der Waals surface area contributed by atoms with E-state index in [4.69, 9.17) is 0 Å². The van der Waals surface area contributed by atoms with Crippen molar-refractivity contribution < 1.29 is 13.2 Å². The van der Waals surface area contributed by atoms with E-state index in [0.717, 1.165) is 28.9 Å². The van der Waals surface area contributed by atoms with Crippen LogP contribution < -0.4 is 3.11 Å². The third kappa shape index (κ3) is 3.29. The molecule has 27 heavy (non-hydrogen) atoms. The van der Waals surface area contributed by atoms with E-state index in [2.05, 4.69) is 54.1 Å². The molecule has 0 saturated heterocycles. The van der Waals surface area contributed by atoms with Crippen LogP contribution in [0.15, 0.2) is 60.7 Å². The van der Waals surface area contributed by atoms with Gasteiger partial charge in [-0.15, -0.1) is 11.3 Å². The number of thiophene rings is 1. The van der Waals surface area contributed by atoms with E-state index in [1.165, 1.54) is 33.2 Å². The van der Waals surface area contributed by atoms with Crippen LogP contribution in [0.2, 0.25) is 0 Å². The summed E-state index contributed by atoms with van der Waals surface area (Å²) < 4.78 is 42.8. The second kappa shape index (κ2) is 6.98. The van der Waals surface area contributed by atoms with Crippen molar-refractivity contribution in [3.63, 3.8) is 0 Å². The average Bonchev–Trinajstić information content (AvgIpc) is 3.05. The molecule has 1 aromatic heterocycles. The number of benzene rings is 3. The van der Waals surface area contributed by atoms with Gasteiger partial charge in [-0.3, -0.25) is 3.11 Å². The summed E-state index contributed by atoms with van der Waals surface area (Å²) in [6.45, 7) is 2.15. The molecule has 0 aliphatic heterocycles. The number of nitrogens with zero attached hydrogens (tertiary/aromatic N) is 1. The minimum absolute atomic E-state index is 0.635. The number of anilines is 2. The van der Waals surface area contributed by atoms with Gasteiger partial charge in [0.05, 0.1) is 44.5 Å². The zero-order chi connectivity index (χ0) is 19.2. The Morgan fingerprint density at radius 3 is 2.15 bits per heavy atom. The molecule has 0 atom stereocenters. The van der Waals surface area contributed by atoms with Gasteiger partial charge in [0.1, 0.15) is 0 Å². The Balaban J connectivity index is 1.83. The Hall–Kier alpha value is -1.80. The van der Waals surface area contributed by atoms with E-state index in [-0.39, 0.29) is 0 Å². The number of rotatable bonds is 3. The third-order valence-electron chi connectivity index (χ3n) is 4.60. The smallest absolute Gasteiger partial charge is 0.282 e. The number of fused-ring (bicyclic) bond motifs is 3. The Morgan fingerprint density at radius 1 is 0.889 bits per heavy atom. The first-order valence-electron chi connectivity index (χ1n) is 8.46. The number of hydrogen-bond acceptors (Lipinski definition) is 2. The van der Waals surface area contributed by atoms with Crippen LogP contribution in [0, 0.1) is 0 Å². The van der Waals surface area contributed by atoms with Crippen LogP contribution in [0.3, 0.4) is 0 Å². The molecule has 0 unspecified atom stereocenters. The van der Waals surface area contributed by atoms with Crippen molar-refractivity contribution in [1.82, 2.24) is 0 Å². The number of halogens is 4. The first kappa shape index (κ1) is 18.6. The summed E-state index contributed by atoms with van der Waals surface area (Å²) in [4.78, 5) is 0. The van der Waals surface area contributed by atoms with Gasteiger partial charge in [-0.2, -0.15) is 13.2 Å². The molecule has 0 aliphatic carbocycles. The maximum atomic E-state index is 12.8. The van der Waals surface area contributed by atoms with Crippen molar-refractivity contribution in [2.75, 3.05) is 3.11 Å². The summed E-state index contributed by atoms with van der Waals surface area (Å²) in [6.07, 6.45) is -3.36. The fraction of sp³-hybridized carbons (Fsp3) is 0.143. The highest BCUT2D eigenvalue weighted by molar-refractivity contribution is 14.1. The van der Waals surface area contributed by atoms with Gasteiger partial charge in [-0.25, -0.2) is 0 Å². The number of aryl methyl sites for hydroxylation is 1. The molecule has 4 rings (SSSR count). The lowest BCUT2D eigenvalue weighted by Crippen LogP contribution is -2.06. The summed E-state index contributed by atoms with van der Waals surface area (Å²) in [5.41, 5.74) is 2.37. The van der Waals surface area contributed by atoms with Crippen LogP contribution in [0.5, 0.6) is 0 Å². The van der Waals surface area contributed by atoms with Crippen molar-refractivity contribution in [2.24, 2.45) is 0 Å². The molecular formula is C21H15F3INS. The Kier molecular flexibility index (Phi) is 4.80. The summed E-state index contributed by atoms with van der Waals surface area (Å²) >= 11 is 3.90. The van der Waals surface area contributed by atoms with E-state index in [0.29, 0.717) is 5.69 Å². The third-order valence-corrected chi connectivity index (χ3v) is 7.00. The Morgan fingerprint density at radius 2 is 1.52 bits per heavy atom. The summed E-state index contributed by atoms with van der Waals surface area (Å²) in [5.74, 6) is 0. The van der Waals surface area contributed by atoms with Crippen LogP contribution in [0.25, 0.3) is 20.2 Å². The second-order valence-electron chi connectivity index (χ2n) is 6.23. The quantitative estimate of drug-likeness (QED) is 0.204. The molecule has 0 bridgehead atoms. The Bertz CT molecular complexity index is 1120. The van der Waals surface area contributed by atoms with E-state index < -0.39 is 11.7 Å². The lowest BCUT2D eigenvalue weighted by Gasteiger charge is -2.18. The van der Waals surface area contributed by atoms with Gasteiger partial charge < -0.3 is 0 Å².